The largest absolute Gasteiger partial charge is 0.367 e. The van der Waals surface area contributed by atoms with E-state index in [2.05, 4.69) is 26.8 Å². The molecule has 1 aliphatic rings. The maximum Gasteiger partial charge on any atom is 0.261 e. The number of hydrogen-bond acceptors (Lipinski definition) is 5. The zero-order valence-electron chi connectivity index (χ0n) is 20.5. The first-order valence-electron chi connectivity index (χ1n) is 12.0. The molecule has 0 saturated carbocycles. The average Bonchev–Trinajstić information content (AvgIpc) is 2.88. The van der Waals surface area contributed by atoms with Crippen molar-refractivity contribution < 1.29 is 17.6 Å². The van der Waals surface area contributed by atoms with E-state index in [-0.39, 0.29) is 23.2 Å². The number of halogens is 1. The molecule has 0 atom stereocenters. The van der Waals surface area contributed by atoms with Crippen molar-refractivity contribution in [2.75, 3.05) is 42.3 Å². The van der Waals surface area contributed by atoms with E-state index in [0.29, 0.717) is 11.3 Å². The Bertz CT molecular complexity index is 1300. The molecule has 36 heavy (non-hydrogen) atoms. The molecule has 0 bridgehead atoms. The standard InChI is InChI=1S/C27H31FN4O3S/c1-3-31-14-16-32(17-15-31)26-13-8-22(27(33)29-19-21-6-9-23(28)10-7-21)18-25(26)30-36(34,35)24-11-4-20(2)5-12-24/h4-13,18,30H,3,14-17,19H2,1-2H3,(H,29,33). The predicted molar refractivity (Wildman–Crippen MR) is 140 cm³/mol. The summed E-state index contributed by atoms with van der Waals surface area (Å²) in [6.07, 6.45) is 0. The van der Waals surface area contributed by atoms with Crippen LogP contribution in [0.2, 0.25) is 0 Å². The summed E-state index contributed by atoms with van der Waals surface area (Å²) in [4.78, 5) is 17.5. The maximum atomic E-state index is 13.2. The molecule has 1 amide bonds. The lowest BCUT2D eigenvalue weighted by atomic mass is 10.1. The van der Waals surface area contributed by atoms with Crippen LogP contribution >= 0.6 is 0 Å². The monoisotopic (exact) mass is 510 g/mol. The second kappa shape index (κ2) is 11.1. The summed E-state index contributed by atoms with van der Waals surface area (Å²) in [5.74, 6) is -0.691. The van der Waals surface area contributed by atoms with Gasteiger partial charge in [-0.15, -0.1) is 0 Å². The number of rotatable bonds is 8. The molecule has 1 saturated heterocycles. The Morgan fingerprint density at radius 1 is 0.944 bits per heavy atom. The van der Waals surface area contributed by atoms with Crippen LogP contribution in [-0.4, -0.2) is 51.9 Å². The SMILES string of the molecule is CCN1CCN(c2ccc(C(=O)NCc3ccc(F)cc3)cc2NS(=O)(=O)c2ccc(C)cc2)CC1. The van der Waals surface area contributed by atoms with Gasteiger partial charge in [-0.1, -0.05) is 36.8 Å². The molecule has 1 fully saturated rings. The summed E-state index contributed by atoms with van der Waals surface area (Å²) in [7, 11) is -3.86. The van der Waals surface area contributed by atoms with E-state index < -0.39 is 10.0 Å². The van der Waals surface area contributed by atoms with Crippen molar-refractivity contribution in [2.45, 2.75) is 25.3 Å². The third-order valence-corrected chi connectivity index (χ3v) is 7.74. The summed E-state index contributed by atoms with van der Waals surface area (Å²) in [6.45, 7) is 8.47. The Morgan fingerprint density at radius 3 is 2.25 bits per heavy atom. The molecule has 0 radical (unpaired) electrons. The Labute approximate surface area is 212 Å². The van der Waals surface area contributed by atoms with Gasteiger partial charge in [-0.25, -0.2) is 12.8 Å². The van der Waals surface area contributed by atoms with Gasteiger partial charge in [-0.05, 0) is 61.5 Å². The molecule has 3 aromatic carbocycles. The van der Waals surface area contributed by atoms with Gasteiger partial charge in [0.1, 0.15) is 5.82 Å². The molecular formula is C27H31FN4O3S. The quantitative estimate of drug-likeness (QED) is 0.479. The molecule has 4 rings (SSSR count). The fourth-order valence-corrected chi connectivity index (χ4v) is 5.21. The summed E-state index contributed by atoms with van der Waals surface area (Å²) >= 11 is 0. The topological polar surface area (TPSA) is 81.8 Å². The highest BCUT2D eigenvalue weighted by Gasteiger charge is 2.23. The number of benzene rings is 3. The molecule has 2 N–H and O–H groups in total. The number of amides is 1. The minimum Gasteiger partial charge on any atom is -0.367 e. The van der Waals surface area contributed by atoms with Crippen molar-refractivity contribution in [1.29, 1.82) is 0 Å². The number of likely N-dealkylation sites (N-methyl/N-ethyl adjacent to an activating group) is 1. The Balaban J connectivity index is 1.60. The number of carbonyl (C=O) groups is 1. The van der Waals surface area contributed by atoms with E-state index in [0.717, 1.165) is 49.5 Å². The summed E-state index contributed by atoms with van der Waals surface area (Å²) in [5, 5.41) is 2.82. The molecule has 0 aromatic heterocycles. The Kier molecular flexibility index (Phi) is 7.91. The van der Waals surface area contributed by atoms with Crippen LogP contribution in [0.5, 0.6) is 0 Å². The van der Waals surface area contributed by atoms with Gasteiger partial charge in [0.2, 0.25) is 0 Å². The summed E-state index contributed by atoms with van der Waals surface area (Å²) in [6, 6.07) is 17.6. The molecule has 0 unspecified atom stereocenters. The lowest BCUT2D eigenvalue weighted by Gasteiger charge is -2.36. The van der Waals surface area contributed by atoms with E-state index in [1.807, 2.05) is 6.92 Å². The van der Waals surface area contributed by atoms with E-state index >= 15 is 0 Å². The first-order valence-corrected chi connectivity index (χ1v) is 13.5. The maximum absolute atomic E-state index is 13.2. The van der Waals surface area contributed by atoms with Crippen LogP contribution < -0.4 is 14.9 Å². The van der Waals surface area contributed by atoms with Crippen LogP contribution in [0.3, 0.4) is 0 Å². The van der Waals surface area contributed by atoms with Crippen molar-refractivity contribution in [3.8, 4) is 0 Å². The summed E-state index contributed by atoms with van der Waals surface area (Å²) < 4.78 is 42.3. The zero-order chi connectivity index (χ0) is 25.7. The second-order valence-electron chi connectivity index (χ2n) is 8.88. The van der Waals surface area contributed by atoms with Gasteiger partial charge in [0.25, 0.3) is 15.9 Å². The number of hydrogen-bond donors (Lipinski definition) is 2. The molecule has 7 nitrogen and oxygen atoms in total. The van der Waals surface area contributed by atoms with Gasteiger partial charge in [0, 0.05) is 38.3 Å². The normalized spacial score (nSPS) is 14.5. The van der Waals surface area contributed by atoms with Gasteiger partial charge in [-0.2, -0.15) is 0 Å². The number of sulfonamides is 1. The number of piperazine rings is 1. The average molecular weight is 511 g/mol. The van der Waals surface area contributed by atoms with Crippen LogP contribution in [0, 0.1) is 12.7 Å². The fraction of sp³-hybridized carbons (Fsp3) is 0.296. The van der Waals surface area contributed by atoms with E-state index in [4.69, 9.17) is 0 Å². The first-order chi connectivity index (χ1) is 17.2. The van der Waals surface area contributed by atoms with Crippen molar-refractivity contribution in [1.82, 2.24) is 10.2 Å². The minimum absolute atomic E-state index is 0.154. The van der Waals surface area contributed by atoms with Gasteiger partial charge in [-0.3, -0.25) is 9.52 Å². The third-order valence-electron chi connectivity index (χ3n) is 6.36. The molecule has 190 valence electrons. The van der Waals surface area contributed by atoms with Crippen LogP contribution in [0.15, 0.2) is 71.6 Å². The van der Waals surface area contributed by atoms with Gasteiger partial charge >= 0.3 is 0 Å². The lowest BCUT2D eigenvalue weighted by molar-refractivity contribution is 0.0951. The molecule has 3 aromatic rings. The molecule has 0 spiro atoms. The summed E-state index contributed by atoms with van der Waals surface area (Å²) in [5.41, 5.74) is 3.14. The molecule has 0 aliphatic carbocycles. The highest BCUT2D eigenvalue weighted by Crippen LogP contribution is 2.30. The lowest BCUT2D eigenvalue weighted by Crippen LogP contribution is -2.46. The van der Waals surface area contributed by atoms with Gasteiger partial charge in [0.15, 0.2) is 0 Å². The highest BCUT2D eigenvalue weighted by atomic mass is 32.2. The molecule has 1 aliphatic heterocycles. The number of aryl methyl sites for hydroxylation is 1. The molecule has 9 heteroatoms. The van der Waals surface area contributed by atoms with E-state index in [1.165, 1.54) is 12.1 Å². The molecular weight excluding hydrogens is 479 g/mol. The Hall–Kier alpha value is -3.43. The minimum atomic E-state index is -3.86. The third kappa shape index (κ3) is 6.22. The van der Waals surface area contributed by atoms with E-state index in [9.17, 15) is 17.6 Å². The number of nitrogens with zero attached hydrogens (tertiary/aromatic N) is 2. The predicted octanol–water partition coefficient (Wildman–Crippen LogP) is 4.01. The zero-order valence-corrected chi connectivity index (χ0v) is 21.3. The fourth-order valence-electron chi connectivity index (χ4n) is 4.15. The van der Waals surface area contributed by atoms with Crippen LogP contribution in [0.25, 0.3) is 0 Å². The van der Waals surface area contributed by atoms with Crippen molar-refractivity contribution in [2.24, 2.45) is 0 Å². The Morgan fingerprint density at radius 2 is 1.61 bits per heavy atom. The van der Waals surface area contributed by atoms with E-state index in [1.54, 1.807) is 54.6 Å². The van der Waals surface area contributed by atoms with Crippen molar-refractivity contribution in [3.05, 3.63) is 89.2 Å². The van der Waals surface area contributed by atoms with Gasteiger partial charge < -0.3 is 15.1 Å². The van der Waals surface area contributed by atoms with Crippen molar-refractivity contribution in [3.63, 3.8) is 0 Å². The van der Waals surface area contributed by atoms with Crippen molar-refractivity contribution >= 4 is 27.3 Å². The number of anilines is 2. The molecule has 1 heterocycles. The van der Waals surface area contributed by atoms with Gasteiger partial charge in [0.05, 0.1) is 16.3 Å². The first kappa shape index (κ1) is 25.7. The smallest absolute Gasteiger partial charge is 0.261 e. The van der Waals surface area contributed by atoms with Crippen LogP contribution in [-0.2, 0) is 16.6 Å². The second-order valence-corrected chi connectivity index (χ2v) is 10.6. The number of nitrogens with one attached hydrogen (secondary N) is 2. The number of carbonyl (C=O) groups excluding carboxylic acids is 1. The highest BCUT2D eigenvalue weighted by molar-refractivity contribution is 7.92. The van der Waals surface area contributed by atoms with Crippen LogP contribution in [0.4, 0.5) is 15.8 Å². The van der Waals surface area contributed by atoms with Crippen LogP contribution in [0.1, 0.15) is 28.4 Å².